The minimum atomic E-state index is -1.03. The molecule has 1 aliphatic rings. The summed E-state index contributed by atoms with van der Waals surface area (Å²) in [5.74, 6) is -0.255. The molecule has 9 heteroatoms. The monoisotopic (exact) mass is 365 g/mol. The van der Waals surface area contributed by atoms with E-state index in [-0.39, 0.29) is 5.56 Å². The van der Waals surface area contributed by atoms with Gasteiger partial charge in [0.25, 0.3) is 0 Å². The molecule has 1 N–H and O–H groups in total. The Morgan fingerprint density at radius 2 is 1.89 bits per heavy atom. The van der Waals surface area contributed by atoms with Crippen molar-refractivity contribution in [2.75, 3.05) is 18.0 Å². The molecular weight excluding hydrogens is 346 g/mol. The van der Waals surface area contributed by atoms with Crippen LogP contribution in [0.3, 0.4) is 0 Å². The molecule has 0 unspecified atom stereocenters. The number of fused-ring (bicyclic) bond motifs is 5. The first-order chi connectivity index (χ1) is 13.2. The Kier molecular flexibility index (Phi) is 3.49. The Morgan fingerprint density at radius 3 is 2.63 bits per heavy atom. The lowest BCUT2D eigenvalue weighted by molar-refractivity contribution is 0.0699. The van der Waals surface area contributed by atoms with Gasteiger partial charge in [-0.3, -0.25) is 0 Å². The molecule has 27 heavy (non-hydrogen) atoms. The van der Waals surface area contributed by atoms with Gasteiger partial charge in [0, 0.05) is 25.8 Å². The van der Waals surface area contributed by atoms with Gasteiger partial charge in [-0.1, -0.05) is 0 Å². The maximum Gasteiger partial charge on any atom is 0.341 e. The van der Waals surface area contributed by atoms with Crippen LogP contribution in [0, 0.1) is 0 Å². The number of carboxylic acid groups (broad SMARTS) is 1. The molecular formula is C18H19N7O2. The van der Waals surface area contributed by atoms with Crippen molar-refractivity contribution in [2.45, 2.75) is 32.7 Å². The number of carbonyl (C=O) groups is 1. The summed E-state index contributed by atoms with van der Waals surface area (Å²) in [7, 11) is 0. The standard InChI is InChI=1S/C18H19N7O2/c1-2-24-15-12(9-20-24)14-11(8-19-15)16(23-6-4-3-5-7-23)22-17-13(18(26)27)10-21-25(14)17/h8-10H,2-7H2,1H3,(H,26,27). The summed E-state index contributed by atoms with van der Waals surface area (Å²) in [5, 5.41) is 20.0. The molecule has 0 saturated carbocycles. The predicted molar refractivity (Wildman–Crippen MR) is 100 cm³/mol. The number of piperidine rings is 1. The number of anilines is 1. The lowest BCUT2D eigenvalue weighted by Crippen LogP contribution is -2.30. The van der Waals surface area contributed by atoms with Crippen LogP contribution >= 0.6 is 0 Å². The van der Waals surface area contributed by atoms with E-state index in [2.05, 4.69) is 20.1 Å². The van der Waals surface area contributed by atoms with Gasteiger partial charge < -0.3 is 10.0 Å². The number of rotatable bonds is 3. The third kappa shape index (κ3) is 2.27. The Morgan fingerprint density at radius 1 is 1.07 bits per heavy atom. The zero-order chi connectivity index (χ0) is 18.5. The maximum absolute atomic E-state index is 11.7. The van der Waals surface area contributed by atoms with Crippen LogP contribution < -0.4 is 4.90 Å². The van der Waals surface area contributed by atoms with E-state index in [4.69, 9.17) is 4.98 Å². The van der Waals surface area contributed by atoms with Gasteiger partial charge in [-0.05, 0) is 26.2 Å². The molecule has 0 spiro atoms. The van der Waals surface area contributed by atoms with Crippen LogP contribution in [0.15, 0.2) is 18.6 Å². The first kappa shape index (κ1) is 16.0. The van der Waals surface area contributed by atoms with Crippen LogP contribution in [0.5, 0.6) is 0 Å². The fourth-order valence-electron chi connectivity index (χ4n) is 3.91. The van der Waals surface area contributed by atoms with Crippen molar-refractivity contribution in [3.8, 4) is 0 Å². The molecule has 0 amide bonds. The number of aryl methyl sites for hydroxylation is 1. The molecule has 5 heterocycles. The summed E-state index contributed by atoms with van der Waals surface area (Å²) >= 11 is 0. The van der Waals surface area contributed by atoms with E-state index in [1.54, 1.807) is 10.7 Å². The highest BCUT2D eigenvalue weighted by Crippen LogP contribution is 2.32. The van der Waals surface area contributed by atoms with Crippen molar-refractivity contribution < 1.29 is 9.90 Å². The minimum Gasteiger partial charge on any atom is -0.477 e. The zero-order valence-corrected chi connectivity index (χ0v) is 15.0. The highest BCUT2D eigenvalue weighted by molar-refractivity contribution is 6.08. The van der Waals surface area contributed by atoms with Gasteiger partial charge in [-0.15, -0.1) is 0 Å². The van der Waals surface area contributed by atoms with Crippen molar-refractivity contribution in [1.29, 1.82) is 0 Å². The zero-order valence-electron chi connectivity index (χ0n) is 15.0. The summed E-state index contributed by atoms with van der Waals surface area (Å²) in [5.41, 5.74) is 2.02. The van der Waals surface area contributed by atoms with Gasteiger partial charge in [0.1, 0.15) is 11.4 Å². The lowest BCUT2D eigenvalue weighted by Gasteiger charge is -2.28. The first-order valence-electron chi connectivity index (χ1n) is 9.19. The highest BCUT2D eigenvalue weighted by atomic mass is 16.4. The van der Waals surface area contributed by atoms with Crippen molar-refractivity contribution in [2.24, 2.45) is 0 Å². The van der Waals surface area contributed by atoms with Crippen LogP contribution in [0.1, 0.15) is 36.5 Å². The average molecular weight is 365 g/mol. The molecule has 1 fully saturated rings. The van der Waals surface area contributed by atoms with Crippen LogP contribution in [0.4, 0.5) is 5.82 Å². The highest BCUT2D eigenvalue weighted by Gasteiger charge is 2.23. The quantitative estimate of drug-likeness (QED) is 0.594. The van der Waals surface area contributed by atoms with Gasteiger partial charge in [0.2, 0.25) is 0 Å². The summed E-state index contributed by atoms with van der Waals surface area (Å²) in [6.07, 6.45) is 8.35. The van der Waals surface area contributed by atoms with Crippen LogP contribution in [-0.2, 0) is 6.54 Å². The van der Waals surface area contributed by atoms with Crippen LogP contribution in [0.25, 0.3) is 27.6 Å². The van der Waals surface area contributed by atoms with Gasteiger partial charge in [-0.2, -0.15) is 10.2 Å². The molecule has 4 aromatic rings. The molecule has 0 atom stereocenters. The average Bonchev–Trinajstić information content (AvgIpc) is 3.31. The molecule has 1 saturated heterocycles. The topological polar surface area (TPSA) is 101 Å². The first-order valence-corrected chi connectivity index (χ1v) is 9.19. The Bertz CT molecular complexity index is 1190. The van der Waals surface area contributed by atoms with E-state index >= 15 is 0 Å². The SMILES string of the molecule is CCn1ncc2c1ncc1c(N3CCCCC3)nc3c(C(=O)O)cnn3c12. The Balaban J connectivity index is 1.92. The second kappa shape index (κ2) is 5.90. The number of aromatic carboxylic acids is 1. The van der Waals surface area contributed by atoms with E-state index < -0.39 is 5.97 Å². The lowest BCUT2D eigenvalue weighted by atomic mass is 10.1. The predicted octanol–water partition coefficient (Wildman–Crippen LogP) is 2.34. The Labute approximate surface area is 154 Å². The summed E-state index contributed by atoms with van der Waals surface area (Å²) in [6, 6.07) is 0. The molecule has 0 aromatic carbocycles. The van der Waals surface area contributed by atoms with Crippen molar-refractivity contribution in [3.05, 3.63) is 24.2 Å². The molecule has 0 bridgehead atoms. The van der Waals surface area contributed by atoms with E-state index in [0.717, 1.165) is 53.7 Å². The van der Waals surface area contributed by atoms with Crippen molar-refractivity contribution in [1.82, 2.24) is 29.4 Å². The van der Waals surface area contributed by atoms with E-state index in [0.29, 0.717) is 12.2 Å². The molecule has 5 rings (SSSR count). The molecule has 0 radical (unpaired) electrons. The second-order valence-electron chi connectivity index (χ2n) is 6.80. The van der Waals surface area contributed by atoms with Crippen LogP contribution in [0.2, 0.25) is 0 Å². The van der Waals surface area contributed by atoms with Crippen LogP contribution in [-0.4, -0.2) is 53.5 Å². The number of aromatic nitrogens is 6. The summed E-state index contributed by atoms with van der Waals surface area (Å²) in [4.78, 5) is 23.2. The number of nitrogens with zero attached hydrogens (tertiary/aromatic N) is 7. The maximum atomic E-state index is 11.7. The smallest absolute Gasteiger partial charge is 0.341 e. The second-order valence-corrected chi connectivity index (χ2v) is 6.80. The molecule has 9 nitrogen and oxygen atoms in total. The van der Waals surface area contributed by atoms with Crippen molar-refractivity contribution >= 4 is 39.4 Å². The summed E-state index contributed by atoms with van der Waals surface area (Å²) < 4.78 is 3.43. The fourth-order valence-corrected chi connectivity index (χ4v) is 3.91. The number of hydrogen-bond acceptors (Lipinski definition) is 6. The molecule has 0 aliphatic carbocycles. The number of carboxylic acids is 1. The minimum absolute atomic E-state index is 0.100. The third-order valence-electron chi connectivity index (χ3n) is 5.23. The largest absolute Gasteiger partial charge is 0.477 e. The fraction of sp³-hybridized carbons (Fsp3) is 0.389. The molecule has 138 valence electrons. The Hall–Kier alpha value is -3.23. The van der Waals surface area contributed by atoms with Crippen molar-refractivity contribution in [3.63, 3.8) is 0 Å². The van der Waals surface area contributed by atoms with E-state index in [1.165, 1.54) is 12.6 Å². The van der Waals surface area contributed by atoms with E-state index in [9.17, 15) is 9.90 Å². The third-order valence-corrected chi connectivity index (χ3v) is 5.23. The van der Waals surface area contributed by atoms with Gasteiger partial charge >= 0.3 is 5.97 Å². The van der Waals surface area contributed by atoms with Gasteiger partial charge in [-0.25, -0.2) is 24.0 Å². The van der Waals surface area contributed by atoms with E-state index in [1.807, 2.05) is 17.8 Å². The summed E-state index contributed by atoms with van der Waals surface area (Å²) in [6.45, 7) is 4.52. The number of pyridine rings is 1. The normalized spacial score (nSPS) is 15.2. The van der Waals surface area contributed by atoms with Gasteiger partial charge in [0.15, 0.2) is 11.3 Å². The number of hydrogen-bond donors (Lipinski definition) is 1. The molecule has 4 aromatic heterocycles. The molecule has 1 aliphatic heterocycles. The van der Waals surface area contributed by atoms with Gasteiger partial charge in [0.05, 0.1) is 28.7 Å².